The Kier molecular flexibility index (Phi) is 5.41. The molecule has 0 bridgehead atoms. The molecule has 0 atom stereocenters. The molecule has 0 saturated heterocycles. The van der Waals surface area contributed by atoms with Crippen molar-refractivity contribution in [3.63, 3.8) is 0 Å². The molecule has 5 nitrogen and oxygen atoms in total. The molecule has 0 radical (unpaired) electrons. The van der Waals surface area contributed by atoms with E-state index in [-0.39, 0.29) is 11.7 Å². The summed E-state index contributed by atoms with van der Waals surface area (Å²) < 4.78 is 13.8. The van der Waals surface area contributed by atoms with Crippen molar-refractivity contribution in [3.8, 4) is 0 Å². The van der Waals surface area contributed by atoms with Crippen LogP contribution in [0.15, 0.2) is 48.8 Å². The first kappa shape index (κ1) is 17.8. The van der Waals surface area contributed by atoms with Crippen molar-refractivity contribution in [2.24, 2.45) is 5.92 Å². The number of halogens is 1. The highest BCUT2D eigenvalue weighted by molar-refractivity contribution is 5.91. The number of carbonyl (C=O) groups is 1. The first-order valence-corrected chi connectivity index (χ1v) is 8.55. The lowest BCUT2D eigenvalue weighted by Gasteiger charge is -2.11. The predicted molar refractivity (Wildman–Crippen MR) is 101 cm³/mol. The Morgan fingerprint density at radius 3 is 2.77 bits per heavy atom. The van der Waals surface area contributed by atoms with Gasteiger partial charge < -0.3 is 10.6 Å². The van der Waals surface area contributed by atoms with Crippen LogP contribution < -0.4 is 10.6 Å². The van der Waals surface area contributed by atoms with Gasteiger partial charge in [0.05, 0.1) is 0 Å². The maximum atomic E-state index is 13.8. The fourth-order valence-corrected chi connectivity index (χ4v) is 2.72. The van der Waals surface area contributed by atoms with E-state index < -0.39 is 0 Å². The minimum Gasteiger partial charge on any atom is -0.365 e. The van der Waals surface area contributed by atoms with E-state index in [9.17, 15) is 9.18 Å². The van der Waals surface area contributed by atoms with Gasteiger partial charge in [-0.05, 0) is 35.7 Å². The van der Waals surface area contributed by atoms with Crippen molar-refractivity contribution in [3.05, 3.63) is 60.2 Å². The lowest BCUT2D eigenvalue weighted by atomic mass is 10.1. The zero-order valence-electron chi connectivity index (χ0n) is 14.8. The molecule has 26 heavy (non-hydrogen) atoms. The minimum atomic E-state index is -0.372. The Morgan fingerprint density at radius 2 is 1.96 bits per heavy atom. The van der Waals surface area contributed by atoms with Crippen LogP contribution >= 0.6 is 0 Å². The number of rotatable bonds is 6. The second-order valence-corrected chi connectivity index (χ2v) is 6.56. The molecular weight excluding hydrogens is 331 g/mol. The third-order valence-corrected chi connectivity index (χ3v) is 3.88. The molecule has 3 rings (SSSR count). The van der Waals surface area contributed by atoms with Gasteiger partial charge in [-0.15, -0.1) is 0 Å². The summed E-state index contributed by atoms with van der Waals surface area (Å²) >= 11 is 0. The Balaban J connectivity index is 1.72. The van der Waals surface area contributed by atoms with Crippen LogP contribution in [0.1, 0.15) is 25.8 Å². The van der Waals surface area contributed by atoms with E-state index in [0.29, 0.717) is 35.6 Å². The summed E-state index contributed by atoms with van der Waals surface area (Å²) in [5.41, 5.74) is 2.03. The number of amides is 1. The summed E-state index contributed by atoms with van der Waals surface area (Å²) in [6.07, 6.45) is 1.83. The van der Waals surface area contributed by atoms with Crippen LogP contribution in [0.3, 0.4) is 0 Å². The van der Waals surface area contributed by atoms with E-state index in [1.54, 1.807) is 12.1 Å². The number of benzene rings is 2. The molecule has 0 fully saturated rings. The van der Waals surface area contributed by atoms with Crippen molar-refractivity contribution < 1.29 is 9.18 Å². The highest BCUT2D eigenvalue weighted by atomic mass is 19.1. The molecule has 0 aliphatic heterocycles. The summed E-state index contributed by atoms with van der Waals surface area (Å²) in [5.74, 6) is 0.514. The van der Waals surface area contributed by atoms with Crippen LogP contribution in [0.25, 0.3) is 10.9 Å². The molecule has 0 unspecified atom stereocenters. The van der Waals surface area contributed by atoms with Gasteiger partial charge in [-0.3, -0.25) is 4.79 Å². The first-order valence-electron chi connectivity index (χ1n) is 8.55. The summed E-state index contributed by atoms with van der Waals surface area (Å²) in [6.45, 7) is 4.51. The number of hydrogen-bond acceptors (Lipinski definition) is 4. The topological polar surface area (TPSA) is 66.9 Å². The molecule has 3 aromatic rings. The summed E-state index contributed by atoms with van der Waals surface area (Å²) in [4.78, 5) is 20.1. The van der Waals surface area contributed by atoms with Gasteiger partial charge in [0.2, 0.25) is 5.91 Å². The SMILES string of the molecule is CC(C)CC(=O)Nc1cccc(CNc2ncnc3c(F)cccc23)c1. The monoisotopic (exact) mass is 352 g/mol. The van der Waals surface area contributed by atoms with Crippen LogP contribution in [0.4, 0.5) is 15.9 Å². The summed E-state index contributed by atoms with van der Waals surface area (Å²) in [5, 5.41) is 6.75. The Labute approximate surface area is 151 Å². The molecular formula is C20H21FN4O. The maximum absolute atomic E-state index is 13.8. The molecule has 1 heterocycles. The van der Waals surface area contributed by atoms with Crippen molar-refractivity contribution in [2.45, 2.75) is 26.8 Å². The fraction of sp³-hybridized carbons (Fsp3) is 0.250. The summed E-state index contributed by atoms with van der Waals surface area (Å²) in [6, 6.07) is 12.4. The van der Waals surface area contributed by atoms with Crippen LogP contribution in [0.2, 0.25) is 0 Å². The average Bonchev–Trinajstić information content (AvgIpc) is 2.60. The Morgan fingerprint density at radius 1 is 1.15 bits per heavy atom. The van der Waals surface area contributed by atoms with Crippen molar-refractivity contribution >= 4 is 28.3 Å². The number of nitrogens with one attached hydrogen (secondary N) is 2. The normalized spacial score (nSPS) is 10.9. The fourth-order valence-electron chi connectivity index (χ4n) is 2.72. The largest absolute Gasteiger partial charge is 0.365 e. The zero-order chi connectivity index (χ0) is 18.5. The van der Waals surface area contributed by atoms with Gasteiger partial charge in [0, 0.05) is 24.0 Å². The molecule has 2 aromatic carbocycles. The number of nitrogens with zero attached hydrogens (tertiary/aromatic N) is 2. The number of fused-ring (bicyclic) bond motifs is 1. The van der Waals surface area contributed by atoms with Gasteiger partial charge in [0.25, 0.3) is 0 Å². The van der Waals surface area contributed by atoms with E-state index in [1.165, 1.54) is 12.4 Å². The summed E-state index contributed by atoms with van der Waals surface area (Å²) in [7, 11) is 0. The lowest BCUT2D eigenvalue weighted by molar-refractivity contribution is -0.116. The standard InChI is InChI=1S/C20H21FN4O/c1-13(2)9-18(26)25-15-6-3-5-14(10-15)11-22-20-16-7-4-8-17(21)19(16)23-12-24-20/h3-8,10,12-13H,9,11H2,1-2H3,(H,25,26)(H,22,23,24). The van der Waals surface area contributed by atoms with Gasteiger partial charge in [-0.2, -0.15) is 0 Å². The van der Waals surface area contributed by atoms with Crippen LogP contribution in [-0.4, -0.2) is 15.9 Å². The van der Waals surface area contributed by atoms with E-state index in [0.717, 1.165) is 11.3 Å². The smallest absolute Gasteiger partial charge is 0.224 e. The van der Waals surface area contributed by atoms with E-state index in [2.05, 4.69) is 20.6 Å². The third kappa shape index (κ3) is 4.33. The lowest BCUT2D eigenvalue weighted by Crippen LogP contribution is -2.14. The molecule has 1 amide bonds. The minimum absolute atomic E-state index is 0.00220. The van der Waals surface area contributed by atoms with Gasteiger partial charge >= 0.3 is 0 Å². The Hall–Kier alpha value is -3.02. The molecule has 2 N–H and O–H groups in total. The quantitative estimate of drug-likeness (QED) is 0.691. The van der Waals surface area contributed by atoms with E-state index in [4.69, 9.17) is 0 Å². The number of hydrogen-bond donors (Lipinski definition) is 2. The van der Waals surface area contributed by atoms with Gasteiger partial charge in [0.15, 0.2) is 0 Å². The highest BCUT2D eigenvalue weighted by Crippen LogP contribution is 2.22. The number of carbonyl (C=O) groups excluding carboxylic acids is 1. The maximum Gasteiger partial charge on any atom is 0.224 e. The van der Waals surface area contributed by atoms with E-state index in [1.807, 2.05) is 38.1 Å². The number of aromatic nitrogens is 2. The molecule has 134 valence electrons. The van der Waals surface area contributed by atoms with Crippen LogP contribution in [-0.2, 0) is 11.3 Å². The van der Waals surface area contributed by atoms with Crippen molar-refractivity contribution in [2.75, 3.05) is 10.6 Å². The third-order valence-electron chi connectivity index (χ3n) is 3.88. The van der Waals surface area contributed by atoms with E-state index >= 15 is 0 Å². The van der Waals surface area contributed by atoms with Crippen LogP contribution in [0, 0.1) is 11.7 Å². The second kappa shape index (κ2) is 7.91. The highest BCUT2D eigenvalue weighted by Gasteiger charge is 2.08. The first-order chi connectivity index (χ1) is 12.5. The Bertz CT molecular complexity index is 927. The molecule has 0 aliphatic rings. The van der Waals surface area contributed by atoms with Crippen LogP contribution in [0.5, 0.6) is 0 Å². The molecule has 6 heteroatoms. The zero-order valence-corrected chi connectivity index (χ0v) is 14.8. The predicted octanol–water partition coefficient (Wildman–Crippen LogP) is 4.37. The molecule has 1 aromatic heterocycles. The van der Waals surface area contributed by atoms with Gasteiger partial charge in [-0.25, -0.2) is 14.4 Å². The molecule has 0 spiro atoms. The van der Waals surface area contributed by atoms with Crippen molar-refractivity contribution in [1.29, 1.82) is 0 Å². The second-order valence-electron chi connectivity index (χ2n) is 6.56. The van der Waals surface area contributed by atoms with Crippen molar-refractivity contribution in [1.82, 2.24) is 9.97 Å². The molecule has 0 saturated carbocycles. The van der Waals surface area contributed by atoms with Gasteiger partial charge in [0.1, 0.15) is 23.5 Å². The molecule has 0 aliphatic carbocycles. The average molecular weight is 352 g/mol. The van der Waals surface area contributed by atoms with Gasteiger partial charge in [-0.1, -0.05) is 32.0 Å². The number of para-hydroxylation sites is 1. The number of anilines is 2.